The van der Waals surface area contributed by atoms with Gasteiger partial charge in [-0.05, 0) is 38.1 Å². The van der Waals surface area contributed by atoms with Crippen LogP contribution in [0.3, 0.4) is 0 Å². The average Bonchev–Trinajstić information content (AvgIpc) is 3.10. The standard InChI is InChI=1S/C33H40O19/c1-10-19(37)23(41)26(44)31(47-10)52-30-25(43)20(38)11(2)48-33(30)46-9-17-21(39)24(42)27(45)32(50-17)51-29-22(40)18-15(36)7-14(35)8-16(18)49-28(29)12-3-5-13(34)6-4-12/h3-8,10-11,17,19-21,23-27,30-39,41-45H,9H2,1-2H3/t10-,11-,17+,19-,20-,21-,23+,24-,25+,26+,27+,30+,31-,32-,33+/m0/s1. The van der Waals surface area contributed by atoms with Gasteiger partial charge in [0.05, 0.1) is 18.8 Å². The van der Waals surface area contributed by atoms with Gasteiger partial charge >= 0.3 is 0 Å². The van der Waals surface area contributed by atoms with Crippen molar-refractivity contribution in [2.24, 2.45) is 0 Å². The molecule has 3 fully saturated rings. The van der Waals surface area contributed by atoms with E-state index < -0.39 is 127 Å². The van der Waals surface area contributed by atoms with Crippen molar-refractivity contribution in [3.8, 4) is 34.3 Å². The van der Waals surface area contributed by atoms with Crippen LogP contribution in [0.5, 0.6) is 23.0 Å². The van der Waals surface area contributed by atoms with E-state index in [1.165, 1.54) is 38.1 Å². The number of rotatable bonds is 8. The number of aliphatic hydroxyl groups is 8. The van der Waals surface area contributed by atoms with Crippen LogP contribution < -0.4 is 10.2 Å². The third kappa shape index (κ3) is 7.16. The molecule has 19 nitrogen and oxygen atoms in total. The van der Waals surface area contributed by atoms with Gasteiger partial charge in [0, 0.05) is 17.7 Å². The number of hydrogen-bond acceptors (Lipinski definition) is 19. The van der Waals surface area contributed by atoms with Gasteiger partial charge in [0.2, 0.25) is 17.5 Å². The summed E-state index contributed by atoms with van der Waals surface area (Å²) in [6.45, 7) is 2.14. The van der Waals surface area contributed by atoms with E-state index in [-0.39, 0.29) is 22.7 Å². The van der Waals surface area contributed by atoms with Crippen LogP contribution in [-0.4, -0.2) is 155 Å². The van der Waals surface area contributed by atoms with Gasteiger partial charge in [-0.15, -0.1) is 0 Å². The predicted molar refractivity (Wildman–Crippen MR) is 170 cm³/mol. The molecule has 0 spiro atoms. The Labute approximate surface area is 293 Å². The maximum Gasteiger partial charge on any atom is 0.239 e. The van der Waals surface area contributed by atoms with E-state index in [0.717, 1.165) is 12.1 Å². The van der Waals surface area contributed by atoms with Crippen molar-refractivity contribution in [2.75, 3.05) is 6.61 Å². The number of ether oxygens (including phenoxy) is 6. The minimum atomic E-state index is -1.99. The van der Waals surface area contributed by atoms with Gasteiger partial charge in [-0.25, -0.2) is 0 Å². The Kier molecular flexibility index (Phi) is 11.0. The molecule has 0 aliphatic carbocycles. The number of phenols is 3. The van der Waals surface area contributed by atoms with E-state index in [1.807, 2.05) is 0 Å². The molecule has 3 aliphatic rings. The Morgan fingerprint density at radius 2 is 1.25 bits per heavy atom. The summed E-state index contributed by atoms with van der Waals surface area (Å²) < 4.78 is 40.0. The van der Waals surface area contributed by atoms with E-state index in [1.54, 1.807) is 0 Å². The molecule has 0 saturated carbocycles. The summed E-state index contributed by atoms with van der Waals surface area (Å²) in [4.78, 5) is 13.7. The quantitative estimate of drug-likeness (QED) is 0.113. The fraction of sp³-hybridized carbons (Fsp3) is 0.545. The summed E-state index contributed by atoms with van der Waals surface area (Å²) in [5, 5.41) is 114. The number of hydrogen-bond donors (Lipinski definition) is 11. The largest absolute Gasteiger partial charge is 0.508 e. The minimum Gasteiger partial charge on any atom is -0.508 e. The molecule has 3 saturated heterocycles. The molecule has 11 N–H and O–H groups in total. The van der Waals surface area contributed by atoms with Crippen LogP contribution >= 0.6 is 0 Å². The first kappa shape index (κ1) is 38.1. The zero-order chi connectivity index (χ0) is 37.8. The fourth-order valence-electron chi connectivity index (χ4n) is 6.20. The van der Waals surface area contributed by atoms with Crippen LogP contribution in [0.1, 0.15) is 13.8 Å². The van der Waals surface area contributed by atoms with Crippen molar-refractivity contribution in [3.05, 3.63) is 46.6 Å². The van der Waals surface area contributed by atoms with Gasteiger partial charge in [0.1, 0.15) is 89.3 Å². The summed E-state index contributed by atoms with van der Waals surface area (Å²) in [7, 11) is 0. The van der Waals surface area contributed by atoms with Gasteiger partial charge in [-0.2, -0.15) is 0 Å². The van der Waals surface area contributed by atoms with E-state index in [4.69, 9.17) is 32.8 Å². The maximum atomic E-state index is 13.7. The number of fused-ring (bicyclic) bond motifs is 1. The molecule has 0 unspecified atom stereocenters. The molecule has 1 aromatic heterocycles. The summed E-state index contributed by atoms with van der Waals surface area (Å²) >= 11 is 0. The van der Waals surface area contributed by atoms with E-state index >= 15 is 0 Å². The number of aromatic hydroxyl groups is 3. The van der Waals surface area contributed by atoms with Crippen molar-refractivity contribution in [3.63, 3.8) is 0 Å². The minimum absolute atomic E-state index is 0.130. The number of benzene rings is 2. The SMILES string of the molecule is C[C@@H]1O[C@@H](O[C@H]2[C@H](OC[C@H]3O[C@@H](Oc4c(-c5ccc(O)cc5)oc5cc(O)cc(O)c5c4=O)[C@H](O)[C@@H](O)[C@H]3O)O[C@@H](C)[C@H](O)[C@H]2O)[C@H](O)[C@H](O)[C@H]1O. The molecule has 2 aromatic carbocycles. The van der Waals surface area contributed by atoms with Crippen molar-refractivity contribution < 1.29 is 89.0 Å². The van der Waals surface area contributed by atoms with Crippen LogP contribution in [0.4, 0.5) is 0 Å². The van der Waals surface area contributed by atoms with Crippen molar-refractivity contribution in [2.45, 2.75) is 106 Å². The lowest BCUT2D eigenvalue weighted by atomic mass is 9.97. The normalized spacial score (nSPS) is 38.3. The first-order valence-corrected chi connectivity index (χ1v) is 16.2. The van der Waals surface area contributed by atoms with Gasteiger partial charge < -0.3 is 89.0 Å². The molecule has 3 aliphatic heterocycles. The zero-order valence-electron chi connectivity index (χ0n) is 27.5. The monoisotopic (exact) mass is 740 g/mol. The Hall–Kier alpha value is -3.67. The second kappa shape index (κ2) is 15.0. The topological polar surface area (TPSA) is 308 Å². The Bertz CT molecular complexity index is 1770. The lowest BCUT2D eigenvalue weighted by Crippen LogP contribution is -2.64. The lowest BCUT2D eigenvalue weighted by Gasteiger charge is -2.46. The molecule has 15 atom stereocenters. The highest BCUT2D eigenvalue weighted by Gasteiger charge is 2.51. The van der Waals surface area contributed by atoms with Crippen LogP contribution in [0.15, 0.2) is 45.6 Å². The van der Waals surface area contributed by atoms with Crippen molar-refractivity contribution in [1.82, 2.24) is 0 Å². The van der Waals surface area contributed by atoms with Crippen LogP contribution in [0.25, 0.3) is 22.3 Å². The predicted octanol–water partition coefficient (Wildman–Crippen LogP) is -2.54. The third-order valence-electron chi connectivity index (χ3n) is 9.26. The molecule has 6 rings (SSSR count). The van der Waals surface area contributed by atoms with E-state index in [9.17, 15) is 61.0 Å². The molecular weight excluding hydrogens is 700 g/mol. The molecule has 0 radical (unpaired) electrons. The lowest BCUT2D eigenvalue weighted by molar-refractivity contribution is -0.367. The first-order valence-electron chi connectivity index (χ1n) is 16.2. The number of phenolic OH excluding ortho intramolecular Hbond substituents is 3. The van der Waals surface area contributed by atoms with Crippen LogP contribution in [0.2, 0.25) is 0 Å². The third-order valence-corrected chi connectivity index (χ3v) is 9.26. The Balaban J connectivity index is 1.26. The highest BCUT2D eigenvalue weighted by atomic mass is 16.8. The average molecular weight is 741 g/mol. The Morgan fingerprint density at radius 3 is 1.92 bits per heavy atom. The second-order valence-electron chi connectivity index (χ2n) is 12.9. The van der Waals surface area contributed by atoms with Gasteiger partial charge in [0.25, 0.3) is 0 Å². The molecule has 19 heteroatoms. The smallest absolute Gasteiger partial charge is 0.239 e. The van der Waals surface area contributed by atoms with Crippen LogP contribution in [0, 0.1) is 0 Å². The number of aliphatic hydroxyl groups excluding tert-OH is 8. The maximum absolute atomic E-state index is 13.7. The molecule has 286 valence electrons. The first-order chi connectivity index (χ1) is 24.6. The van der Waals surface area contributed by atoms with Gasteiger partial charge in [-0.1, -0.05) is 0 Å². The summed E-state index contributed by atoms with van der Waals surface area (Å²) in [6.07, 6.45) is -24.3. The summed E-state index contributed by atoms with van der Waals surface area (Å²) in [5.74, 6) is -2.15. The van der Waals surface area contributed by atoms with E-state index in [2.05, 4.69) is 0 Å². The molecule has 0 amide bonds. The van der Waals surface area contributed by atoms with Gasteiger partial charge in [0.15, 0.2) is 18.3 Å². The van der Waals surface area contributed by atoms with E-state index in [0.29, 0.717) is 0 Å². The second-order valence-corrected chi connectivity index (χ2v) is 12.9. The van der Waals surface area contributed by atoms with Crippen LogP contribution in [-0.2, 0) is 23.7 Å². The Morgan fingerprint density at radius 1 is 0.654 bits per heavy atom. The van der Waals surface area contributed by atoms with Crippen molar-refractivity contribution in [1.29, 1.82) is 0 Å². The molecule has 52 heavy (non-hydrogen) atoms. The zero-order valence-corrected chi connectivity index (χ0v) is 27.5. The summed E-state index contributed by atoms with van der Waals surface area (Å²) in [5.41, 5.74) is -1.07. The molecule has 4 heterocycles. The summed E-state index contributed by atoms with van der Waals surface area (Å²) in [6, 6.07) is 7.22. The molecular formula is C33H40O19. The van der Waals surface area contributed by atoms with Crippen molar-refractivity contribution >= 4 is 11.0 Å². The molecule has 0 bridgehead atoms. The highest BCUT2D eigenvalue weighted by Crippen LogP contribution is 2.38. The van der Waals surface area contributed by atoms with Gasteiger partial charge in [-0.3, -0.25) is 4.79 Å². The highest BCUT2D eigenvalue weighted by molar-refractivity contribution is 5.88. The fourth-order valence-corrected chi connectivity index (χ4v) is 6.20. The molecule has 3 aromatic rings.